The average Bonchev–Trinajstić information content (AvgIpc) is 2.18. The number of carbonyl (C=O) groups excluding carboxylic acids is 1. The van der Waals surface area contributed by atoms with Gasteiger partial charge in [-0.25, -0.2) is 4.98 Å². The van der Waals surface area contributed by atoms with E-state index in [0.717, 1.165) is 6.42 Å². The van der Waals surface area contributed by atoms with Crippen molar-refractivity contribution in [2.75, 3.05) is 12.4 Å². The first-order chi connectivity index (χ1) is 6.76. The number of nitrogens with one attached hydrogen (secondary N) is 1. The molecule has 0 saturated heterocycles. The van der Waals surface area contributed by atoms with Gasteiger partial charge in [0.25, 0.3) is 0 Å². The summed E-state index contributed by atoms with van der Waals surface area (Å²) < 4.78 is 4.89. The molecular weight excluding hydrogens is 182 g/mol. The van der Waals surface area contributed by atoms with E-state index in [1.165, 1.54) is 13.3 Å². The maximum atomic E-state index is 11.2. The summed E-state index contributed by atoms with van der Waals surface area (Å²) >= 11 is 0. The topological polar surface area (TPSA) is 64.1 Å². The number of nitrogens with zero attached hydrogens (tertiary/aromatic N) is 2. The van der Waals surface area contributed by atoms with Crippen molar-refractivity contribution in [3.8, 4) is 5.88 Å². The summed E-state index contributed by atoms with van der Waals surface area (Å²) in [6.45, 7) is 1.94. The molecule has 1 N–H and O–H groups in total. The SMILES string of the molecule is CCCC(=O)Nc1nccc(OC)n1. The van der Waals surface area contributed by atoms with Crippen LogP contribution in [0.4, 0.5) is 5.95 Å². The number of hydrogen-bond acceptors (Lipinski definition) is 4. The molecule has 0 radical (unpaired) electrons. The van der Waals surface area contributed by atoms with Gasteiger partial charge in [-0.15, -0.1) is 0 Å². The fraction of sp³-hybridized carbons (Fsp3) is 0.444. The summed E-state index contributed by atoms with van der Waals surface area (Å²) in [4.78, 5) is 19.0. The van der Waals surface area contributed by atoms with Crippen LogP contribution in [0.5, 0.6) is 5.88 Å². The Morgan fingerprint density at radius 1 is 1.64 bits per heavy atom. The zero-order valence-electron chi connectivity index (χ0n) is 8.28. The van der Waals surface area contributed by atoms with Crippen molar-refractivity contribution < 1.29 is 9.53 Å². The summed E-state index contributed by atoms with van der Waals surface area (Å²) in [7, 11) is 1.51. The molecular formula is C9H13N3O2. The largest absolute Gasteiger partial charge is 0.481 e. The van der Waals surface area contributed by atoms with Gasteiger partial charge in [0.15, 0.2) is 0 Å². The zero-order chi connectivity index (χ0) is 10.4. The highest BCUT2D eigenvalue weighted by Gasteiger charge is 2.03. The number of anilines is 1. The lowest BCUT2D eigenvalue weighted by atomic mass is 10.3. The molecule has 0 unspecified atom stereocenters. The molecule has 0 aromatic carbocycles. The van der Waals surface area contributed by atoms with Crippen LogP contribution in [0.3, 0.4) is 0 Å². The maximum absolute atomic E-state index is 11.2. The molecule has 14 heavy (non-hydrogen) atoms. The number of aromatic nitrogens is 2. The molecule has 0 spiro atoms. The van der Waals surface area contributed by atoms with E-state index in [9.17, 15) is 4.79 Å². The fourth-order valence-electron chi connectivity index (χ4n) is 0.930. The standard InChI is InChI=1S/C9H13N3O2/c1-3-4-7(13)11-9-10-6-5-8(12-9)14-2/h5-6H,3-4H2,1-2H3,(H,10,11,12,13). The van der Waals surface area contributed by atoms with Crippen LogP contribution >= 0.6 is 0 Å². The lowest BCUT2D eigenvalue weighted by Gasteiger charge is -2.03. The quantitative estimate of drug-likeness (QED) is 0.784. The monoisotopic (exact) mass is 195 g/mol. The number of rotatable bonds is 4. The van der Waals surface area contributed by atoms with Crippen LogP contribution in [0.2, 0.25) is 0 Å². The number of methoxy groups -OCH3 is 1. The van der Waals surface area contributed by atoms with E-state index in [1.807, 2.05) is 6.92 Å². The van der Waals surface area contributed by atoms with Crippen molar-refractivity contribution in [1.29, 1.82) is 0 Å². The van der Waals surface area contributed by atoms with Crippen LogP contribution in [0.15, 0.2) is 12.3 Å². The summed E-state index contributed by atoms with van der Waals surface area (Å²) in [5, 5.41) is 2.58. The van der Waals surface area contributed by atoms with Crippen LogP contribution in [-0.4, -0.2) is 23.0 Å². The molecule has 0 saturated carbocycles. The van der Waals surface area contributed by atoms with Gasteiger partial charge in [-0.2, -0.15) is 4.98 Å². The van der Waals surface area contributed by atoms with Crippen LogP contribution in [-0.2, 0) is 4.79 Å². The molecule has 5 heteroatoms. The molecule has 0 fully saturated rings. The molecule has 76 valence electrons. The third-order valence-corrected chi connectivity index (χ3v) is 1.57. The number of carbonyl (C=O) groups is 1. The highest BCUT2D eigenvalue weighted by molar-refractivity contribution is 5.88. The van der Waals surface area contributed by atoms with Gasteiger partial charge in [-0.3, -0.25) is 10.1 Å². The first-order valence-corrected chi connectivity index (χ1v) is 4.43. The molecule has 0 aliphatic heterocycles. The predicted octanol–water partition coefficient (Wildman–Crippen LogP) is 1.22. The zero-order valence-corrected chi connectivity index (χ0v) is 8.28. The molecule has 5 nitrogen and oxygen atoms in total. The van der Waals surface area contributed by atoms with Crippen molar-refractivity contribution in [2.24, 2.45) is 0 Å². The predicted molar refractivity (Wildman–Crippen MR) is 52.1 cm³/mol. The molecule has 1 amide bonds. The van der Waals surface area contributed by atoms with Gasteiger partial charge in [0, 0.05) is 18.7 Å². The number of amides is 1. The van der Waals surface area contributed by atoms with Crippen LogP contribution in [0.25, 0.3) is 0 Å². The summed E-state index contributed by atoms with van der Waals surface area (Å²) in [6, 6.07) is 1.62. The first kappa shape index (κ1) is 10.4. The highest BCUT2D eigenvalue weighted by atomic mass is 16.5. The van der Waals surface area contributed by atoms with E-state index in [4.69, 9.17) is 4.74 Å². The Balaban J connectivity index is 2.62. The molecule has 1 rings (SSSR count). The van der Waals surface area contributed by atoms with E-state index >= 15 is 0 Å². The molecule has 1 heterocycles. The molecule has 0 aliphatic rings. The summed E-state index contributed by atoms with van der Waals surface area (Å²) in [5.74, 6) is 0.635. The molecule has 0 aliphatic carbocycles. The smallest absolute Gasteiger partial charge is 0.232 e. The Morgan fingerprint density at radius 3 is 3.07 bits per heavy atom. The molecule has 1 aromatic rings. The van der Waals surface area contributed by atoms with E-state index < -0.39 is 0 Å². The minimum absolute atomic E-state index is 0.0826. The van der Waals surface area contributed by atoms with Crippen LogP contribution < -0.4 is 10.1 Å². The Morgan fingerprint density at radius 2 is 2.43 bits per heavy atom. The Labute approximate surface area is 82.5 Å². The minimum atomic E-state index is -0.0826. The summed E-state index contributed by atoms with van der Waals surface area (Å²) in [6.07, 6.45) is 2.81. The summed E-state index contributed by atoms with van der Waals surface area (Å²) in [5.41, 5.74) is 0. The molecule has 0 bridgehead atoms. The Hall–Kier alpha value is -1.65. The Bertz CT molecular complexity index is 315. The van der Waals surface area contributed by atoms with E-state index in [1.54, 1.807) is 6.07 Å². The van der Waals surface area contributed by atoms with Crippen LogP contribution in [0, 0.1) is 0 Å². The first-order valence-electron chi connectivity index (χ1n) is 4.43. The third-order valence-electron chi connectivity index (χ3n) is 1.57. The van der Waals surface area contributed by atoms with Gasteiger partial charge in [-0.1, -0.05) is 6.92 Å². The molecule has 0 atom stereocenters. The number of ether oxygens (including phenoxy) is 1. The van der Waals surface area contributed by atoms with Gasteiger partial charge in [-0.05, 0) is 6.42 Å². The van der Waals surface area contributed by atoms with E-state index in [0.29, 0.717) is 12.3 Å². The lowest BCUT2D eigenvalue weighted by Crippen LogP contribution is -2.13. The normalized spacial score (nSPS) is 9.57. The third kappa shape index (κ3) is 3.01. The van der Waals surface area contributed by atoms with Gasteiger partial charge < -0.3 is 4.74 Å². The van der Waals surface area contributed by atoms with Crippen molar-refractivity contribution in [1.82, 2.24) is 9.97 Å². The van der Waals surface area contributed by atoms with Crippen molar-refractivity contribution in [3.05, 3.63) is 12.3 Å². The van der Waals surface area contributed by atoms with E-state index in [-0.39, 0.29) is 11.9 Å². The van der Waals surface area contributed by atoms with Gasteiger partial charge >= 0.3 is 0 Å². The fourth-order valence-corrected chi connectivity index (χ4v) is 0.930. The van der Waals surface area contributed by atoms with Gasteiger partial charge in [0.2, 0.25) is 17.7 Å². The minimum Gasteiger partial charge on any atom is -0.481 e. The lowest BCUT2D eigenvalue weighted by molar-refractivity contribution is -0.116. The molecule has 1 aromatic heterocycles. The van der Waals surface area contributed by atoms with Gasteiger partial charge in [0.05, 0.1) is 7.11 Å². The second-order valence-corrected chi connectivity index (χ2v) is 2.72. The Kier molecular flexibility index (Phi) is 3.84. The second-order valence-electron chi connectivity index (χ2n) is 2.72. The van der Waals surface area contributed by atoms with Crippen LogP contribution in [0.1, 0.15) is 19.8 Å². The van der Waals surface area contributed by atoms with Crippen molar-refractivity contribution >= 4 is 11.9 Å². The van der Waals surface area contributed by atoms with Crippen molar-refractivity contribution in [3.63, 3.8) is 0 Å². The van der Waals surface area contributed by atoms with Gasteiger partial charge in [0.1, 0.15) is 0 Å². The second kappa shape index (κ2) is 5.16. The highest BCUT2D eigenvalue weighted by Crippen LogP contribution is 2.07. The maximum Gasteiger partial charge on any atom is 0.232 e. The number of hydrogen-bond donors (Lipinski definition) is 1. The average molecular weight is 195 g/mol. The van der Waals surface area contributed by atoms with Crippen molar-refractivity contribution in [2.45, 2.75) is 19.8 Å². The van der Waals surface area contributed by atoms with E-state index in [2.05, 4.69) is 15.3 Å².